The van der Waals surface area contributed by atoms with E-state index in [-0.39, 0.29) is 30.8 Å². The number of hydrogen-bond acceptors (Lipinski definition) is 8. The number of nitrogens with two attached hydrogens (primary N) is 1. The normalized spacial score (nSPS) is 41.5. The van der Waals surface area contributed by atoms with Gasteiger partial charge in [-0.1, -0.05) is 0 Å². The fourth-order valence-electron chi connectivity index (χ4n) is 6.39. The minimum absolute atomic E-state index is 0. The third kappa shape index (κ3) is 3.51. The van der Waals surface area contributed by atoms with Crippen LogP contribution in [0.25, 0.3) is 0 Å². The molecule has 5 fully saturated rings. The van der Waals surface area contributed by atoms with Crippen molar-refractivity contribution in [2.45, 2.75) is 63.1 Å². The highest BCUT2D eigenvalue weighted by atomic mass is 35.5. The predicted octanol–water partition coefficient (Wildman–Crippen LogP) is 0.626. The summed E-state index contributed by atoms with van der Waals surface area (Å²) in [6, 6.07) is 1.41. The van der Waals surface area contributed by atoms with E-state index in [1.807, 2.05) is 0 Å². The molecule has 0 aromatic carbocycles. The SMILES string of the molecule is Cl.Nc1ccn([C@@H]2O[C@H](COC(=O)C34CC5CC(CC(C5)C3)C4)[C@@H](O)[C@@H]2O)c(=O)n1. The van der Waals surface area contributed by atoms with Crippen molar-refractivity contribution < 1.29 is 24.5 Å². The van der Waals surface area contributed by atoms with Crippen molar-refractivity contribution in [3.63, 3.8) is 0 Å². The molecule has 4 bridgehead atoms. The lowest BCUT2D eigenvalue weighted by atomic mass is 9.49. The van der Waals surface area contributed by atoms with Gasteiger partial charge in [0.2, 0.25) is 0 Å². The molecule has 2 heterocycles. The van der Waals surface area contributed by atoms with E-state index in [0.29, 0.717) is 17.8 Å². The zero-order valence-corrected chi connectivity index (χ0v) is 17.4. The molecule has 0 amide bonds. The van der Waals surface area contributed by atoms with Crippen molar-refractivity contribution >= 4 is 24.2 Å². The Morgan fingerprint density at radius 2 is 1.80 bits per heavy atom. The highest BCUT2D eigenvalue weighted by Gasteiger charge is 2.56. The molecule has 4 aliphatic carbocycles. The average Bonchev–Trinajstić information content (AvgIpc) is 2.93. The fraction of sp³-hybridized carbons (Fsp3) is 0.750. The molecule has 0 unspecified atom stereocenters. The van der Waals surface area contributed by atoms with Gasteiger partial charge in [-0.05, 0) is 62.3 Å². The summed E-state index contributed by atoms with van der Waals surface area (Å²) in [6.45, 7) is -0.160. The summed E-state index contributed by atoms with van der Waals surface area (Å²) >= 11 is 0. The lowest BCUT2D eigenvalue weighted by molar-refractivity contribution is -0.177. The van der Waals surface area contributed by atoms with Gasteiger partial charge >= 0.3 is 11.7 Å². The second-order valence-corrected chi connectivity index (χ2v) is 9.38. The number of ether oxygens (including phenoxy) is 2. The first-order chi connectivity index (χ1) is 13.8. The number of nitrogen functional groups attached to an aromatic ring is 1. The Balaban J connectivity index is 0.00000218. The number of anilines is 1. The summed E-state index contributed by atoms with van der Waals surface area (Å²) in [4.78, 5) is 28.6. The van der Waals surface area contributed by atoms with E-state index in [0.717, 1.165) is 23.8 Å². The van der Waals surface area contributed by atoms with Crippen molar-refractivity contribution in [1.29, 1.82) is 0 Å². The zero-order valence-electron chi connectivity index (χ0n) is 16.6. The smallest absolute Gasteiger partial charge is 0.351 e. The van der Waals surface area contributed by atoms with Gasteiger partial charge in [-0.3, -0.25) is 9.36 Å². The first kappa shape index (κ1) is 21.5. The van der Waals surface area contributed by atoms with Crippen LogP contribution in [0, 0.1) is 23.2 Å². The molecule has 4 saturated carbocycles. The molecule has 4 N–H and O–H groups in total. The van der Waals surface area contributed by atoms with Crippen molar-refractivity contribution in [3.05, 3.63) is 22.7 Å². The predicted molar refractivity (Wildman–Crippen MR) is 108 cm³/mol. The van der Waals surface area contributed by atoms with Crippen molar-refractivity contribution in [1.82, 2.24) is 9.55 Å². The van der Waals surface area contributed by atoms with Crippen LogP contribution in [-0.2, 0) is 14.3 Å². The number of carbonyl (C=O) groups excluding carboxylic acids is 1. The first-order valence-electron chi connectivity index (χ1n) is 10.4. The van der Waals surface area contributed by atoms with Gasteiger partial charge in [0.25, 0.3) is 0 Å². The summed E-state index contributed by atoms with van der Waals surface area (Å²) in [5, 5.41) is 20.7. The number of esters is 1. The third-order valence-corrected chi connectivity index (χ3v) is 7.31. The standard InChI is InChI=1S/C20H27N3O6.ClH/c21-14-1-2-23(19(27)22-14)17-16(25)15(24)13(29-17)9-28-18(26)20-6-10-3-11(7-20)5-12(4-10)8-20;/h1-2,10-13,15-17,24-25H,3-9H2,(H2,21,22,27);1H/t10?,11?,12?,13-,15-,16+,17-,20?;/m1./s1. The number of aliphatic hydroxyl groups is 2. The lowest BCUT2D eigenvalue weighted by Gasteiger charge is -2.55. The molecule has 4 atom stereocenters. The lowest BCUT2D eigenvalue weighted by Crippen LogP contribution is -2.51. The molecule has 9 nitrogen and oxygen atoms in total. The van der Waals surface area contributed by atoms with E-state index in [4.69, 9.17) is 15.2 Å². The van der Waals surface area contributed by atoms with Gasteiger partial charge in [0.1, 0.15) is 30.7 Å². The molecule has 30 heavy (non-hydrogen) atoms. The zero-order chi connectivity index (χ0) is 20.3. The van der Waals surface area contributed by atoms with Crippen LogP contribution < -0.4 is 11.4 Å². The molecule has 5 aliphatic rings. The monoisotopic (exact) mass is 441 g/mol. The molecular formula is C20H28ClN3O6. The molecular weight excluding hydrogens is 414 g/mol. The van der Waals surface area contributed by atoms with Gasteiger partial charge in [0.05, 0.1) is 5.41 Å². The Labute approximate surface area is 180 Å². The van der Waals surface area contributed by atoms with Crippen LogP contribution in [-0.4, -0.2) is 50.7 Å². The minimum Gasteiger partial charge on any atom is -0.462 e. The maximum Gasteiger partial charge on any atom is 0.351 e. The largest absolute Gasteiger partial charge is 0.462 e. The Hall–Kier alpha value is -1.68. The molecule has 0 spiro atoms. The minimum atomic E-state index is -1.35. The molecule has 6 rings (SSSR count). The Bertz CT molecular complexity index is 841. The highest BCUT2D eigenvalue weighted by Crippen LogP contribution is 2.60. The van der Waals surface area contributed by atoms with E-state index >= 15 is 0 Å². The van der Waals surface area contributed by atoms with Crippen molar-refractivity contribution in [2.24, 2.45) is 23.2 Å². The van der Waals surface area contributed by atoms with Crippen molar-refractivity contribution in [3.8, 4) is 0 Å². The molecule has 1 saturated heterocycles. The van der Waals surface area contributed by atoms with E-state index in [1.165, 1.54) is 31.5 Å². The number of halogens is 1. The van der Waals surface area contributed by atoms with E-state index in [2.05, 4.69) is 4.98 Å². The van der Waals surface area contributed by atoms with Gasteiger partial charge in [-0.15, -0.1) is 12.4 Å². The number of nitrogens with zero attached hydrogens (tertiary/aromatic N) is 2. The number of aliphatic hydroxyl groups excluding tert-OH is 2. The summed E-state index contributed by atoms with van der Waals surface area (Å²) in [7, 11) is 0. The van der Waals surface area contributed by atoms with E-state index in [9.17, 15) is 19.8 Å². The van der Waals surface area contributed by atoms with Crippen LogP contribution in [0.1, 0.15) is 44.8 Å². The second kappa shape index (κ2) is 7.78. The molecule has 1 aliphatic heterocycles. The van der Waals surface area contributed by atoms with Gasteiger partial charge in [0.15, 0.2) is 6.23 Å². The quantitative estimate of drug-likeness (QED) is 0.578. The number of rotatable bonds is 4. The van der Waals surface area contributed by atoms with Crippen LogP contribution >= 0.6 is 12.4 Å². The molecule has 1 aromatic rings. The van der Waals surface area contributed by atoms with Crippen LogP contribution in [0.5, 0.6) is 0 Å². The summed E-state index contributed by atoms with van der Waals surface area (Å²) in [5.41, 5.74) is 4.40. The maximum atomic E-state index is 13.0. The molecule has 0 radical (unpaired) electrons. The van der Waals surface area contributed by atoms with Gasteiger partial charge in [-0.25, -0.2) is 4.79 Å². The topological polar surface area (TPSA) is 137 Å². The van der Waals surface area contributed by atoms with Crippen LogP contribution in [0.2, 0.25) is 0 Å². The number of carbonyl (C=O) groups is 1. The summed E-state index contributed by atoms with van der Waals surface area (Å²) in [6.07, 6.45) is 3.06. The molecule has 166 valence electrons. The summed E-state index contributed by atoms with van der Waals surface area (Å²) in [5.74, 6) is 1.71. The average molecular weight is 442 g/mol. The van der Waals surface area contributed by atoms with Crippen LogP contribution in [0.15, 0.2) is 17.1 Å². The highest BCUT2D eigenvalue weighted by molar-refractivity contribution is 5.85. The Morgan fingerprint density at radius 3 is 2.37 bits per heavy atom. The number of aromatic nitrogens is 2. The van der Waals surface area contributed by atoms with Gasteiger partial charge < -0.3 is 25.4 Å². The molecule has 10 heteroatoms. The third-order valence-electron chi connectivity index (χ3n) is 7.31. The van der Waals surface area contributed by atoms with Crippen LogP contribution in [0.4, 0.5) is 5.82 Å². The molecule has 1 aromatic heterocycles. The summed E-state index contributed by atoms with van der Waals surface area (Å²) < 4.78 is 12.3. The van der Waals surface area contributed by atoms with E-state index in [1.54, 1.807) is 0 Å². The van der Waals surface area contributed by atoms with Gasteiger partial charge in [-0.2, -0.15) is 4.98 Å². The second-order valence-electron chi connectivity index (χ2n) is 9.38. The van der Waals surface area contributed by atoms with Crippen LogP contribution in [0.3, 0.4) is 0 Å². The van der Waals surface area contributed by atoms with Gasteiger partial charge in [0, 0.05) is 6.20 Å². The Morgan fingerprint density at radius 1 is 1.20 bits per heavy atom. The maximum absolute atomic E-state index is 13.0. The van der Waals surface area contributed by atoms with E-state index < -0.39 is 35.6 Å². The number of hydrogen-bond donors (Lipinski definition) is 3. The first-order valence-corrected chi connectivity index (χ1v) is 10.4. The fourth-order valence-corrected chi connectivity index (χ4v) is 6.39. The Kier molecular flexibility index (Phi) is 5.59. The van der Waals surface area contributed by atoms with Crippen molar-refractivity contribution in [2.75, 3.05) is 12.3 Å².